The Bertz CT molecular complexity index is 362. The zero-order chi connectivity index (χ0) is 11.8. The number of methoxy groups -OCH3 is 1. The molecule has 1 N–H and O–H groups in total. The van der Waals surface area contributed by atoms with Gasteiger partial charge in [-0.15, -0.1) is 0 Å². The van der Waals surface area contributed by atoms with Crippen molar-refractivity contribution in [2.45, 2.75) is 0 Å². The van der Waals surface area contributed by atoms with Crippen LogP contribution >= 0.6 is 0 Å². The van der Waals surface area contributed by atoms with Crippen molar-refractivity contribution in [3.05, 3.63) is 35.9 Å². The summed E-state index contributed by atoms with van der Waals surface area (Å²) in [6.45, 7) is 0.431. The average molecular weight is 223 g/mol. The van der Waals surface area contributed by atoms with Crippen molar-refractivity contribution >= 4 is 11.7 Å². The molecule has 0 spiro atoms. The number of carbonyl (C=O) groups excluding carboxylic acids is 1. The molecule has 0 aliphatic heterocycles. The molecule has 0 aliphatic rings. The zero-order valence-corrected chi connectivity index (χ0v) is 8.92. The predicted octanol–water partition coefficient (Wildman–Crippen LogP) is 1.05. The molecule has 0 heterocycles. The molecule has 86 valence electrons. The Morgan fingerprint density at radius 2 is 2.00 bits per heavy atom. The summed E-state index contributed by atoms with van der Waals surface area (Å²) in [5, 5.41) is 11.7. The first-order chi connectivity index (χ1) is 7.79. The molecule has 0 radical (unpaired) electrons. The fraction of sp³-hybridized carbons (Fsp3) is 0.273. The van der Waals surface area contributed by atoms with Gasteiger partial charge in [0.25, 0.3) is 0 Å². The highest BCUT2D eigenvalue weighted by Crippen LogP contribution is 2.02. The van der Waals surface area contributed by atoms with Gasteiger partial charge in [0.1, 0.15) is 6.61 Å². The SMILES string of the molecule is COCCOC(=O)C(=NO)c1ccccc1. The molecule has 1 rings (SSSR count). The maximum atomic E-state index is 11.5. The molecule has 0 aromatic heterocycles. The Morgan fingerprint density at radius 1 is 1.31 bits per heavy atom. The van der Waals surface area contributed by atoms with Crippen molar-refractivity contribution in [2.24, 2.45) is 5.16 Å². The van der Waals surface area contributed by atoms with Crippen LogP contribution in [-0.2, 0) is 14.3 Å². The average Bonchev–Trinajstić information content (AvgIpc) is 2.32. The molecule has 0 saturated heterocycles. The van der Waals surface area contributed by atoms with Crippen molar-refractivity contribution in [2.75, 3.05) is 20.3 Å². The van der Waals surface area contributed by atoms with Gasteiger partial charge < -0.3 is 14.7 Å². The number of rotatable bonds is 5. The van der Waals surface area contributed by atoms with Gasteiger partial charge in [-0.2, -0.15) is 0 Å². The van der Waals surface area contributed by atoms with E-state index in [1.54, 1.807) is 30.3 Å². The van der Waals surface area contributed by atoms with Crippen LogP contribution in [0, 0.1) is 0 Å². The van der Waals surface area contributed by atoms with E-state index in [1.807, 2.05) is 0 Å². The lowest BCUT2D eigenvalue weighted by Gasteiger charge is -2.05. The van der Waals surface area contributed by atoms with Gasteiger partial charge in [0, 0.05) is 12.7 Å². The number of ether oxygens (including phenoxy) is 2. The van der Waals surface area contributed by atoms with E-state index in [-0.39, 0.29) is 12.3 Å². The lowest BCUT2D eigenvalue weighted by atomic mass is 10.1. The molecular weight excluding hydrogens is 210 g/mol. The van der Waals surface area contributed by atoms with Crippen LogP contribution in [0.15, 0.2) is 35.5 Å². The maximum Gasteiger partial charge on any atom is 0.361 e. The molecule has 1 aromatic rings. The quantitative estimate of drug-likeness (QED) is 0.266. The van der Waals surface area contributed by atoms with Gasteiger partial charge in [-0.1, -0.05) is 35.5 Å². The van der Waals surface area contributed by atoms with Crippen molar-refractivity contribution < 1.29 is 19.5 Å². The Hall–Kier alpha value is -1.88. The van der Waals surface area contributed by atoms with Gasteiger partial charge in [-0.05, 0) is 0 Å². The van der Waals surface area contributed by atoms with Crippen LogP contribution in [0.4, 0.5) is 0 Å². The summed E-state index contributed by atoms with van der Waals surface area (Å²) in [6.07, 6.45) is 0. The number of nitrogens with zero attached hydrogens (tertiary/aromatic N) is 1. The summed E-state index contributed by atoms with van der Waals surface area (Å²) in [5.41, 5.74) is 0.393. The molecule has 5 nitrogen and oxygen atoms in total. The highest BCUT2D eigenvalue weighted by atomic mass is 16.6. The topological polar surface area (TPSA) is 68.1 Å². The number of oxime groups is 1. The Morgan fingerprint density at radius 3 is 2.56 bits per heavy atom. The van der Waals surface area contributed by atoms with Crippen LogP contribution in [0.1, 0.15) is 5.56 Å². The van der Waals surface area contributed by atoms with Gasteiger partial charge in [0.2, 0.25) is 0 Å². The van der Waals surface area contributed by atoms with E-state index in [1.165, 1.54) is 7.11 Å². The van der Waals surface area contributed by atoms with E-state index < -0.39 is 5.97 Å². The lowest BCUT2D eigenvalue weighted by molar-refractivity contribution is -0.136. The van der Waals surface area contributed by atoms with Crippen molar-refractivity contribution in [1.82, 2.24) is 0 Å². The van der Waals surface area contributed by atoms with Crippen LogP contribution < -0.4 is 0 Å². The number of benzene rings is 1. The zero-order valence-electron chi connectivity index (χ0n) is 8.92. The largest absolute Gasteiger partial charge is 0.458 e. The van der Waals surface area contributed by atoms with Crippen LogP contribution in [-0.4, -0.2) is 37.2 Å². The first-order valence-corrected chi connectivity index (χ1v) is 4.73. The minimum absolute atomic E-state index is 0.114. The second kappa shape index (κ2) is 6.58. The van der Waals surface area contributed by atoms with Crippen LogP contribution in [0.25, 0.3) is 0 Å². The molecule has 5 heteroatoms. The molecule has 0 fully saturated rings. The molecule has 0 amide bonds. The van der Waals surface area contributed by atoms with Gasteiger partial charge >= 0.3 is 5.97 Å². The maximum absolute atomic E-state index is 11.5. The third-order valence-corrected chi connectivity index (χ3v) is 1.86. The fourth-order valence-corrected chi connectivity index (χ4v) is 1.10. The Balaban J connectivity index is 2.66. The second-order valence-corrected chi connectivity index (χ2v) is 2.94. The standard InChI is InChI=1S/C11H13NO4/c1-15-7-8-16-11(13)10(12-14)9-5-3-2-4-6-9/h2-6,14H,7-8H2,1H3. The van der Waals surface area contributed by atoms with Crippen LogP contribution in [0.5, 0.6) is 0 Å². The predicted molar refractivity (Wildman–Crippen MR) is 57.6 cm³/mol. The van der Waals surface area contributed by atoms with E-state index in [0.29, 0.717) is 12.2 Å². The summed E-state index contributed by atoms with van der Waals surface area (Å²) in [5.74, 6) is -0.675. The lowest BCUT2D eigenvalue weighted by Crippen LogP contribution is -2.20. The third-order valence-electron chi connectivity index (χ3n) is 1.86. The molecule has 16 heavy (non-hydrogen) atoms. The van der Waals surface area contributed by atoms with E-state index in [4.69, 9.17) is 14.7 Å². The summed E-state index contributed by atoms with van der Waals surface area (Å²) in [4.78, 5) is 11.5. The van der Waals surface area contributed by atoms with Gasteiger partial charge in [-0.3, -0.25) is 0 Å². The highest BCUT2D eigenvalue weighted by Gasteiger charge is 2.15. The van der Waals surface area contributed by atoms with E-state index in [9.17, 15) is 4.79 Å². The van der Waals surface area contributed by atoms with Crippen LogP contribution in [0.2, 0.25) is 0 Å². The number of esters is 1. The van der Waals surface area contributed by atoms with E-state index in [0.717, 1.165) is 0 Å². The van der Waals surface area contributed by atoms with Crippen molar-refractivity contribution in [3.8, 4) is 0 Å². The highest BCUT2D eigenvalue weighted by molar-refractivity contribution is 6.43. The van der Waals surface area contributed by atoms with Gasteiger partial charge in [0.15, 0.2) is 5.71 Å². The van der Waals surface area contributed by atoms with Crippen molar-refractivity contribution in [1.29, 1.82) is 0 Å². The van der Waals surface area contributed by atoms with E-state index >= 15 is 0 Å². The first kappa shape index (κ1) is 12.2. The fourth-order valence-electron chi connectivity index (χ4n) is 1.10. The monoisotopic (exact) mass is 223 g/mol. The molecular formula is C11H13NO4. The smallest absolute Gasteiger partial charge is 0.361 e. The summed E-state index contributed by atoms with van der Waals surface area (Å²) >= 11 is 0. The second-order valence-electron chi connectivity index (χ2n) is 2.94. The molecule has 0 bridgehead atoms. The molecule has 0 aliphatic carbocycles. The van der Waals surface area contributed by atoms with Crippen molar-refractivity contribution in [3.63, 3.8) is 0 Å². The number of carbonyl (C=O) groups is 1. The number of hydrogen-bond donors (Lipinski definition) is 1. The number of hydrogen-bond acceptors (Lipinski definition) is 5. The minimum atomic E-state index is -0.675. The molecule has 0 saturated carbocycles. The molecule has 0 unspecified atom stereocenters. The van der Waals surface area contributed by atoms with Gasteiger partial charge in [-0.25, -0.2) is 4.79 Å². The third kappa shape index (κ3) is 3.36. The van der Waals surface area contributed by atoms with Crippen LogP contribution in [0.3, 0.4) is 0 Å². The summed E-state index contributed by atoms with van der Waals surface area (Å²) in [6, 6.07) is 8.60. The molecule has 1 aromatic carbocycles. The Kier molecular flexibility index (Phi) is 5.01. The molecule has 0 atom stereocenters. The Labute approximate surface area is 93.3 Å². The van der Waals surface area contributed by atoms with Gasteiger partial charge in [0.05, 0.1) is 6.61 Å². The summed E-state index contributed by atoms with van der Waals surface area (Å²) < 4.78 is 9.57. The first-order valence-electron chi connectivity index (χ1n) is 4.73. The summed E-state index contributed by atoms with van der Waals surface area (Å²) in [7, 11) is 1.51. The normalized spacial score (nSPS) is 11.2. The minimum Gasteiger partial charge on any atom is -0.458 e. The van der Waals surface area contributed by atoms with E-state index in [2.05, 4.69) is 5.16 Å².